The van der Waals surface area contributed by atoms with E-state index in [1.165, 1.54) is 0 Å². The minimum Gasteiger partial charge on any atom is -0.481 e. The second kappa shape index (κ2) is 6.36. The van der Waals surface area contributed by atoms with Gasteiger partial charge in [0, 0.05) is 13.0 Å². The first-order chi connectivity index (χ1) is 10.7. The Bertz CT molecular complexity index is 609. The van der Waals surface area contributed by atoms with Crippen molar-refractivity contribution in [3.8, 4) is 0 Å². The fraction of sp³-hybridized carbons (Fsp3) is 0.389. The van der Waals surface area contributed by atoms with Gasteiger partial charge in [-0.2, -0.15) is 0 Å². The average Bonchev–Trinajstić information content (AvgIpc) is 3.18. The van der Waals surface area contributed by atoms with E-state index < -0.39 is 11.4 Å². The lowest BCUT2D eigenvalue weighted by Gasteiger charge is -2.25. The van der Waals surface area contributed by atoms with Gasteiger partial charge < -0.3 is 14.4 Å². The first-order valence-electron chi connectivity index (χ1n) is 7.74. The molecule has 1 fully saturated rings. The molecule has 0 radical (unpaired) electrons. The third kappa shape index (κ3) is 2.92. The van der Waals surface area contributed by atoms with E-state index in [0.29, 0.717) is 13.0 Å². The lowest BCUT2D eigenvalue weighted by atomic mass is 9.80. The Morgan fingerprint density at radius 2 is 2.05 bits per heavy atom. The van der Waals surface area contributed by atoms with Crippen LogP contribution >= 0.6 is 0 Å². The SMILES string of the molecule is O=C(O)C1(c2ccccc2)CCN(CCCc2ccco2)C1. The zero-order chi connectivity index (χ0) is 15.4. The van der Waals surface area contributed by atoms with Crippen LogP contribution in [-0.4, -0.2) is 35.6 Å². The van der Waals surface area contributed by atoms with E-state index in [9.17, 15) is 9.90 Å². The van der Waals surface area contributed by atoms with Crippen LogP contribution in [0.1, 0.15) is 24.2 Å². The van der Waals surface area contributed by atoms with Crippen LogP contribution in [0.5, 0.6) is 0 Å². The lowest BCUT2D eigenvalue weighted by Crippen LogP contribution is -2.39. The molecule has 0 saturated carbocycles. The van der Waals surface area contributed by atoms with E-state index in [0.717, 1.165) is 37.3 Å². The van der Waals surface area contributed by atoms with Gasteiger partial charge in [0.1, 0.15) is 11.2 Å². The summed E-state index contributed by atoms with van der Waals surface area (Å²) in [4.78, 5) is 14.1. The molecule has 22 heavy (non-hydrogen) atoms. The van der Waals surface area contributed by atoms with Crippen LogP contribution < -0.4 is 0 Å². The molecule has 1 unspecified atom stereocenters. The zero-order valence-electron chi connectivity index (χ0n) is 12.6. The molecule has 1 aromatic carbocycles. The Balaban J connectivity index is 1.62. The number of likely N-dealkylation sites (tertiary alicyclic amines) is 1. The number of nitrogens with zero attached hydrogens (tertiary/aromatic N) is 1. The highest BCUT2D eigenvalue weighted by Gasteiger charge is 2.45. The van der Waals surface area contributed by atoms with E-state index >= 15 is 0 Å². The van der Waals surface area contributed by atoms with Crippen molar-refractivity contribution < 1.29 is 14.3 Å². The van der Waals surface area contributed by atoms with Crippen LogP contribution in [0.3, 0.4) is 0 Å². The average molecular weight is 299 g/mol. The fourth-order valence-electron chi connectivity index (χ4n) is 3.30. The third-order valence-corrected chi connectivity index (χ3v) is 4.56. The molecule has 1 N–H and O–H groups in total. The van der Waals surface area contributed by atoms with Crippen LogP contribution in [-0.2, 0) is 16.6 Å². The highest BCUT2D eigenvalue weighted by Crippen LogP contribution is 2.35. The highest BCUT2D eigenvalue weighted by atomic mass is 16.4. The first kappa shape index (κ1) is 14.9. The maximum atomic E-state index is 11.9. The van der Waals surface area contributed by atoms with Crippen LogP contribution in [0.2, 0.25) is 0 Å². The summed E-state index contributed by atoms with van der Waals surface area (Å²) in [5.41, 5.74) is 0.155. The topological polar surface area (TPSA) is 53.7 Å². The van der Waals surface area contributed by atoms with Crippen molar-refractivity contribution in [3.05, 3.63) is 60.1 Å². The molecular weight excluding hydrogens is 278 g/mol. The summed E-state index contributed by atoms with van der Waals surface area (Å²) in [6.45, 7) is 2.33. The number of carboxylic acids is 1. The van der Waals surface area contributed by atoms with Gasteiger partial charge in [-0.05, 0) is 43.6 Å². The molecule has 1 aliphatic rings. The number of aliphatic carboxylic acids is 1. The van der Waals surface area contributed by atoms with E-state index in [1.807, 2.05) is 42.5 Å². The predicted molar refractivity (Wildman–Crippen MR) is 83.8 cm³/mol. The van der Waals surface area contributed by atoms with Gasteiger partial charge in [0.25, 0.3) is 0 Å². The Labute approximate surface area is 130 Å². The van der Waals surface area contributed by atoms with Gasteiger partial charge >= 0.3 is 5.97 Å². The van der Waals surface area contributed by atoms with Crippen LogP contribution in [0.4, 0.5) is 0 Å². The van der Waals surface area contributed by atoms with Gasteiger partial charge in [-0.1, -0.05) is 30.3 Å². The van der Waals surface area contributed by atoms with E-state index in [-0.39, 0.29) is 0 Å². The minimum atomic E-state index is -0.758. The lowest BCUT2D eigenvalue weighted by molar-refractivity contribution is -0.143. The third-order valence-electron chi connectivity index (χ3n) is 4.56. The molecule has 2 heterocycles. The molecule has 3 rings (SSSR count). The predicted octanol–water partition coefficient (Wildman–Crippen LogP) is 2.94. The Hall–Kier alpha value is -2.07. The number of rotatable bonds is 6. The molecule has 0 spiro atoms. The van der Waals surface area contributed by atoms with Crippen molar-refractivity contribution in [2.24, 2.45) is 0 Å². The van der Waals surface area contributed by atoms with Crippen molar-refractivity contribution in [2.75, 3.05) is 19.6 Å². The fourth-order valence-corrected chi connectivity index (χ4v) is 3.30. The highest BCUT2D eigenvalue weighted by molar-refractivity contribution is 5.82. The van der Waals surface area contributed by atoms with Crippen LogP contribution in [0.15, 0.2) is 53.1 Å². The summed E-state index contributed by atoms with van der Waals surface area (Å²) in [7, 11) is 0. The monoisotopic (exact) mass is 299 g/mol. The summed E-state index contributed by atoms with van der Waals surface area (Å²) < 4.78 is 5.33. The number of carbonyl (C=O) groups is 1. The van der Waals surface area contributed by atoms with E-state index in [1.54, 1.807) is 6.26 Å². The second-order valence-corrected chi connectivity index (χ2v) is 5.96. The molecule has 1 aliphatic heterocycles. The number of hydrogen-bond donors (Lipinski definition) is 1. The van der Waals surface area contributed by atoms with Crippen molar-refractivity contribution in [2.45, 2.75) is 24.7 Å². The molecule has 116 valence electrons. The number of carboxylic acid groups (broad SMARTS) is 1. The van der Waals surface area contributed by atoms with Crippen molar-refractivity contribution >= 4 is 5.97 Å². The largest absolute Gasteiger partial charge is 0.481 e. The molecule has 1 aromatic heterocycles. The summed E-state index contributed by atoms with van der Waals surface area (Å²) in [5.74, 6) is 0.277. The van der Waals surface area contributed by atoms with Gasteiger partial charge in [-0.15, -0.1) is 0 Å². The maximum Gasteiger partial charge on any atom is 0.315 e. The summed E-state index contributed by atoms with van der Waals surface area (Å²) >= 11 is 0. The van der Waals surface area contributed by atoms with Crippen molar-refractivity contribution in [1.29, 1.82) is 0 Å². The molecule has 0 bridgehead atoms. The first-order valence-corrected chi connectivity index (χ1v) is 7.74. The van der Waals surface area contributed by atoms with Gasteiger partial charge in [0.2, 0.25) is 0 Å². The molecule has 2 aromatic rings. The Morgan fingerprint density at radius 1 is 1.23 bits per heavy atom. The van der Waals surface area contributed by atoms with Gasteiger partial charge in [0.05, 0.1) is 6.26 Å². The summed E-state index contributed by atoms with van der Waals surface area (Å²) in [6, 6.07) is 13.5. The van der Waals surface area contributed by atoms with Gasteiger partial charge in [-0.25, -0.2) is 0 Å². The molecule has 1 atom stereocenters. The molecular formula is C18H21NO3. The quantitative estimate of drug-likeness (QED) is 0.891. The summed E-state index contributed by atoms with van der Waals surface area (Å²) in [5, 5.41) is 9.77. The second-order valence-electron chi connectivity index (χ2n) is 5.96. The summed E-state index contributed by atoms with van der Waals surface area (Å²) in [6.07, 6.45) is 4.25. The smallest absolute Gasteiger partial charge is 0.315 e. The molecule has 0 aliphatic carbocycles. The number of furan rings is 1. The van der Waals surface area contributed by atoms with E-state index in [4.69, 9.17) is 4.42 Å². The number of benzene rings is 1. The van der Waals surface area contributed by atoms with E-state index in [2.05, 4.69) is 4.90 Å². The minimum absolute atomic E-state index is 0.588. The Morgan fingerprint density at radius 3 is 2.73 bits per heavy atom. The van der Waals surface area contributed by atoms with Crippen molar-refractivity contribution in [3.63, 3.8) is 0 Å². The van der Waals surface area contributed by atoms with Gasteiger partial charge in [-0.3, -0.25) is 4.79 Å². The normalized spacial score (nSPS) is 22.0. The molecule has 0 amide bonds. The molecule has 1 saturated heterocycles. The maximum absolute atomic E-state index is 11.9. The standard InChI is InChI=1S/C18H21NO3/c20-17(21)18(15-6-2-1-3-7-15)10-12-19(14-18)11-4-8-16-9-5-13-22-16/h1-3,5-7,9,13H,4,8,10-12,14H2,(H,20,21). The van der Waals surface area contributed by atoms with Crippen LogP contribution in [0.25, 0.3) is 0 Å². The van der Waals surface area contributed by atoms with Crippen LogP contribution in [0, 0.1) is 0 Å². The van der Waals surface area contributed by atoms with Gasteiger partial charge in [0.15, 0.2) is 0 Å². The van der Waals surface area contributed by atoms with Crippen molar-refractivity contribution in [1.82, 2.24) is 4.90 Å². The molecule has 4 heteroatoms. The Kier molecular flexibility index (Phi) is 4.29. The molecule has 4 nitrogen and oxygen atoms in total. The number of hydrogen-bond acceptors (Lipinski definition) is 3. The number of aryl methyl sites for hydroxylation is 1. The zero-order valence-corrected chi connectivity index (χ0v) is 12.6.